The van der Waals surface area contributed by atoms with E-state index in [0.29, 0.717) is 17.5 Å². The number of ether oxygens (including phenoxy) is 1. The number of aryl methyl sites for hydroxylation is 1. The van der Waals surface area contributed by atoms with E-state index in [1.54, 1.807) is 13.2 Å². The molecule has 0 saturated carbocycles. The number of nitrogens with zero attached hydrogens (tertiary/aromatic N) is 3. The van der Waals surface area contributed by atoms with Crippen molar-refractivity contribution < 1.29 is 18.3 Å². The van der Waals surface area contributed by atoms with E-state index in [-0.39, 0.29) is 12.1 Å². The fraction of sp³-hybridized carbons (Fsp3) is 0.517. The molecule has 1 fully saturated rings. The molecule has 3 aromatic rings. The zero-order valence-corrected chi connectivity index (χ0v) is 22.0. The molecule has 0 radical (unpaired) electrons. The van der Waals surface area contributed by atoms with Crippen molar-refractivity contribution in [1.29, 1.82) is 0 Å². The van der Waals surface area contributed by atoms with Gasteiger partial charge in [0, 0.05) is 38.3 Å². The van der Waals surface area contributed by atoms with E-state index in [0.717, 1.165) is 55.8 Å². The lowest BCUT2D eigenvalue weighted by Crippen LogP contribution is -2.47. The third-order valence-electron chi connectivity index (χ3n) is 7.84. The number of rotatable bonds is 7. The highest BCUT2D eigenvalue weighted by atomic mass is 19.3. The monoisotopic (exact) mass is 510 g/mol. The molecule has 2 heterocycles. The lowest BCUT2D eigenvalue weighted by Gasteiger charge is -2.40. The van der Waals surface area contributed by atoms with E-state index in [2.05, 4.69) is 53.8 Å². The number of carbonyl (C=O) groups is 1. The number of benzene rings is 2. The van der Waals surface area contributed by atoms with Crippen LogP contribution < -0.4 is 5.32 Å². The van der Waals surface area contributed by atoms with E-state index < -0.39 is 12.3 Å². The van der Waals surface area contributed by atoms with Crippen LogP contribution in [0.25, 0.3) is 11.0 Å². The van der Waals surface area contributed by atoms with Gasteiger partial charge in [-0.05, 0) is 73.1 Å². The second kappa shape index (κ2) is 10.5. The van der Waals surface area contributed by atoms with Crippen LogP contribution in [0.3, 0.4) is 0 Å². The van der Waals surface area contributed by atoms with Crippen molar-refractivity contribution in [3.05, 3.63) is 58.9 Å². The summed E-state index contributed by atoms with van der Waals surface area (Å²) < 4.78 is 33.7. The minimum Gasteiger partial charge on any atom is -0.378 e. The number of hydrogen-bond donors (Lipinski definition) is 1. The summed E-state index contributed by atoms with van der Waals surface area (Å²) in [5.41, 5.74) is 6.25. The summed E-state index contributed by atoms with van der Waals surface area (Å²) in [6.07, 6.45) is -0.127. The Morgan fingerprint density at radius 1 is 1.16 bits per heavy atom. The quantitative estimate of drug-likeness (QED) is 0.466. The molecule has 3 atom stereocenters. The van der Waals surface area contributed by atoms with Crippen molar-refractivity contribution >= 4 is 22.6 Å². The van der Waals surface area contributed by atoms with Gasteiger partial charge in [0.25, 0.3) is 5.91 Å². The number of likely N-dealkylation sites (tertiary alicyclic amines) is 1. The first-order valence-corrected chi connectivity index (χ1v) is 13.2. The molecule has 1 N–H and O–H groups in total. The molecule has 1 aromatic heterocycles. The first kappa shape index (κ1) is 25.8. The van der Waals surface area contributed by atoms with Gasteiger partial charge in [0.2, 0.25) is 0 Å². The normalized spacial score (nSPS) is 22.2. The predicted molar refractivity (Wildman–Crippen MR) is 141 cm³/mol. The fourth-order valence-electron chi connectivity index (χ4n) is 6.12. The molecule has 0 bridgehead atoms. The summed E-state index contributed by atoms with van der Waals surface area (Å²) >= 11 is 0. The molecule has 2 aromatic carbocycles. The molecule has 6 nitrogen and oxygen atoms in total. The van der Waals surface area contributed by atoms with Crippen molar-refractivity contribution in [2.45, 2.75) is 64.5 Å². The second-order valence-electron chi connectivity index (χ2n) is 10.9. The molecule has 1 aliphatic carbocycles. The van der Waals surface area contributed by atoms with Gasteiger partial charge in [-0.1, -0.05) is 26.0 Å². The number of piperidine rings is 1. The standard InChI is InChI=1S/C29H36F2N4O2/c1-17(2)28-33-23-11-18(3)5-8-24(23)35(28)25-9-10-34(16-26(25)37-4)15-19-12-20-6-7-22(14-21(20)13-19)32-29(36)27(30)31/h5-8,11,14,17,19,25-27H,9-10,12-13,15-16H2,1-4H3,(H,32,36)/t19-,25+,26+/m1/s1. The number of aromatic nitrogens is 2. The molecule has 1 aliphatic heterocycles. The summed E-state index contributed by atoms with van der Waals surface area (Å²) in [5, 5.41) is 2.30. The van der Waals surface area contributed by atoms with Crippen LogP contribution in [0.1, 0.15) is 54.7 Å². The van der Waals surface area contributed by atoms with Crippen LogP contribution in [0.4, 0.5) is 14.5 Å². The number of hydrogen-bond acceptors (Lipinski definition) is 4. The number of nitrogens with one attached hydrogen (secondary N) is 1. The van der Waals surface area contributed by atoms with Gasteiger partial charge in [-0.25, -0.2) is 4.98 Å². The maximum Gasteiger partial charge on any atom is 0.315 e. The number of halogens is 2. The summed E-state index contributed by atoms with van der Waals surface area (Å²) in [6, 6.07) is 12.3. The summed E-state index contributed by atoms with van der Waals surface area (Å²) in [5.74, 6) is 0.621. The van der Waals surface area contributed by atoms with Crippen LogP contribution in [0.5, 0.6) is 0 Å². The van der Waals surface area contributed by atoms with Gasteiger partial charge in [0.15, 0.2) is 0 Å². The summed E-state index contributed by atoms with van der Waals surface area (Å²) in [4.78, 5) is 18.9. The molecule has 37 heavy (non-hydrogen) atoms. The maximum atomic E-state index is 12.6. The van der Waals surface area contributed by atoms with E-state index >= 15 is 0 Å². The fourth-order valence-corrected chi connectivity index (χ4v) is 6.12. The smallest absolute Gasteiger partial charge is 0.315 e. The van der Waals surface area contributed by atoms with Crippen LogP contribution in [0.2, 0.25) is 0 Å². The predicted octanol–water partition coefficient (Wildman–Crippen LogP) is 5.35. The third-order valence-corrected chi connectivity index (χ3v) is 7.84. The third kappa shape index (κ3) is 5.27. The molecule has 1 amide bonds. The first-order valence-electron chi connectivity index (χ1n) is 13.2. The van der Waals surface area contributed by atoms with Crippen LogP contribution in [0, 0.1) is 12.8 Å². The number of amides is 1. The summed E-state index contributed by atoms with van der Waals surface area (Å²) in [6.45, 7) is 9.29. The molecule has 1 saturated heterocycles. The Hall–Kier alpha value is -2.84. The van der Waals surface area contributed by atoms with Crippen molar-refractivity contribution in [1.82, 2.24) is 14.5 Å². The van der Waals surface area contributed by atoms with Gasteiger partial charge in [0.1, 0.15) is 5.82 Å². The van der Waals surface area contributed by atoms with Gasteiger partial charge in [-0.3, -0.25) is 4.79 Å². The average Bonchev–Trinajstić information content (AvgIpc) is 3.44. The highest BCUT2D eigenvalue weighted by Crippen LogP contribution is 2.35. The number of imidazole rings is 1. The minimum absolute atomic E-state index is 0.0601. The SMILES string of the molecule is CO[C@H]1CN(C[C@@H]2Cc3ccc(NC(=O)C(F)F)cc3C2)CC[C@@H]1n1c(C(C)C)nc2cc(C)ccc21. The Bertz CT molecular complexity index is 1290. The minimum atomic E-state index is -3.02. The number of alkyl halides is 2. The highest BCUT2D eigenvalue weighted by molar-refractivity contribution is 5.93. The zero-order chi connectivity index (χ0) is 26.3. The number of fused-ring (bicyclic) bond motifs is 2. The number of methoxy groups -OCH3 is 1. The lowest BCUT2D eigenvalue weighted by molar-refractivity contribution is -0.126. The molecule has 2 aliphatic rings. The second-order valence-corrected chi connectivity index (χ2v) is 10.9. The van der Waals surface area contributed by atoms with Gasteiger partial charge in [-0.2, -0.15) is 8.78 Å². The zero-order valence-electron chi connectivity index (χ0n) is 22.0. The Balaban J connectivity index is 1.27. The van der Waals surface area contributed by atoms with E-state index in [1.807, 2.05) is 12.1 Å². The number of carbonyl (C=O) groups excluding carboxylic acids is 1. The largest absolute Gasteiger partial charge is 0.378 e. The van der Waals surface area contributed by atoms with Crippen LogP contribution in [0.15, 0.2) is 36.4 Å². The Labute approximate surface area is 217 Å². The molecule has 0 spiro atoms. The summed E-state index contributed by atoms with van der Waals surface area (Å²) in [7, 11) is 1.81. The molecule has 5 rings (SSSR count). The molecule has 198 valence electrons. The van der Waals surface area contributed by atoms with Gasteiger partial charge < -0.3 is 19.5 Å². The Morgan fingerprint density at radius 2 is 1.95 bits per heavy atom. The first-order chi connectivity index (χ1) is 17.7. The maximum absolute atomic E-state index is 12.6. The van der Waals surface area contributed by atoms with E-state index in [1.165, 1.54) is 16.6 Å². The van der Waals surface area contributed by atoms with Crippen molar-refractivity contribution in [3.8, 4) is 0 Å². The lowest BCUT2D eigenvalue weighted by atomic mass is 9.97. The Kier molecular flexibility index (Phi) is 7.32. The van der Waals surface area contributed by atoms with Crippen LogP contribution in [-0.2, 0) is 22.4 Å². The average molecular weight is 511 g/mol. The molecule has 0 unspecified atom stereocenters. The van der Waals surface area contributed by atoms with Crippen LogP contribution >= 0.6 is 0 Å². The highest BCUT2D eigenvalue weighted by Gasteiger charge is 2.35. The number of anilines is 1. The van der Waals surface area contributed by atoms with Crippen LogP contribution in [-0.4, -0.2) is 59.6 Å². The van der Waals surface area contributed by atoms with E-state index in [9.17, 15) is 13.6 Å². The van der Waals surface area contributed by atoms with Gasteiger partial charge >= 0.3 is 6.43 Å². The molecule has 8 heteroatoms. The van der Waals surface area contributed by atoms with Gasteiger partial charge in [0.05, 0.1) is 23.2 Å². The van der Waals surface area contributed by atoms with Crippen molar-refractivity contribution in [2.24, 2.45) is 5.92 Å². The topological polar surface area (TPSA) is 59.4 Å². The van der Waals surface area contributed by atoms with Gasteiger partial charge in [-0.15, -0.1) is 0 Å². The van der Waals surface area contributed by atoms with E-state index in [4.69, 9.17) is 9.72 Å². The molecular formula is C29H36F2N4O2. The van der Waals surface area contributed by atoms with Crippen molar-refractivity contribution in [3.63, 3.8) is 0 Å². The molecular weight excluding hydrogens is 474 g/mol. The van der Waals surface area contributed by atoms with Crippen molar-refractivity contribution in [2.75, 3.05) is 32.1 Å². The Morgan fingerprint density at radius 3 is 2.68 bits per heavy atom.